The van der Waals surface area contributed by atoms with Crippen molar-refractivity contribution in [1.29, 1.82) is 0 Å². The number of hydrogen-bond acceptors (Lipinski definition) is 5. The highest BCUT2D eigenvalue weighted by Crippen LogP contribution is 2.28. The standard InChI is InChI=1S/C22H26N4O2S/c1-6-26-20(17-9-11-18(28-5)12-10-17)24-25-22(26)29-16(4)21(27)23-19-13-14(2)7-8-15(19)3/h7-13,16H,6H2,1-5H3,(H,23,27). The van der Waals surface area contributed by atoms with E-state index in [1.807, 2.05) is 74.7 Å². The number of benzene rings is 2. The third-order valence-corrected chi connectivity index (χ3v) is 5.76. The van der Waals surface area contributed by atoms with E-state index in [0.717, 1.165) is 39.1 Å². The third kappa shape index (κ3) is 4.79. The maximum absolute atomic E-state index is 12.7. The lowest BCUT2D eigenvalue weighted by Crippen LogP contribution is -2.23. The zero-order chi connectivity index (χ0) is 21.0. The first-order chi connectivity index (χ1) is 13.9. The maximum atomic E-state index is 12.7. The minimum absolute atomic E-state index is 0.0552. The molecule has 0 aliphatic rings. The Labute approximate surface area is 175 Å². The first-order valence-corrected chi connectivity index (χ1v) is 10.4. The monoisotopic (exact) mass is 410 g/mol. The molecule has 0 fully saturated rings. The minimum atomic E-state index is -0.312. The molecule has 29 heavy (non-hydrogen) atoms. The van der Waals surface area contributed by atoms with E-state index in [4.69, 9.17) is 4.74 Å². The summed E-state index contributed by atoms with van der Waals surface area (Å²) in [4.78, 5) is 12.7. The van der Waals surface area contributed by atoms with Gasteiger partial charge in [-0.25, -0.2) is 0 Å². The molecule has 0 saturated carbocycles. The van der Waals surface area contributed by atoms with Gasteiger partial charge in [0.05, 0.1) is 12.4 Å². The lowest BCUT2D eigenvalue weighted by Gasteiger charge is -2.14. The summed E-state index contributed by atoms with van der Waals surface area (Å²) in [5.74, 6) is 1.52. The molecule has 0 radical (unpaired) electrons. The van der Waals surface area contributed by atoms with Crippen LogP contribution in [0.3, 0.4) is 0 Å². The van der Waals surface area contributed by atoms with E-state index in [-0.39, 0.29) is 11.2 Å². The van der Waals surface area contributed by atoms with E-state index in [9.17, 15) is 4.79 Å². The molecule has 6 nitrogen and oxygen atoms in total. The highest BCUT2D eigenvalue weighted by atomic mass is 32.2. The Hall–Kier alpha value is -2.80. The van der Waals surface area contributed by atoms with Crippen molar-refractivity contribution >= 4 is 23.4 Å². The van der Waals surface area contributed by atoms with Crippen LogP contribution in [0.25, 0.3) is 11.4 Å². The molecule has 0 aliphatic heterocycles. The van der Waals surface area contributed by atoms with Gasteiger partial charge in [-0.05, 0) is 69.2 Å². The Bertz CT molecular complexity index is 999. The Balaban J connectivity index is 1.76. The van der Waals surface area contributed by atoms with Crippen molar-refractivity contribution in [3.63, 3.8) is 0 Å². The molecule has 0 bridgehead atoms. The van der Waals surface area contributed by atoms with E-state index in [1.165, 1.54) is 11.8 Å². The first-order valence-electron chi connectivity index (χ1n) is 9.55. The second-order valence-corrected chi connectivity index (χ2v) is 8.15. The van der Waals surface area contributed by atoms with Crippen molar-refractivity contribution < 1.29 is 9.53 Å². The SMILES string of the molecule is CCn1c(SC(C)C(=O)Nc2cc(C)ccc2C)nnc1-c1ccc(OC)cc1. The van der Waals surface area contributed by atoms with Crippen LogP contribution in [-0.4, -0.2) is 33.0 Å². The summed E-state index contributed by atoms with van der Waals surface area (Å²) in [6.45, 7) is 8.63. The van der Waals surface area contributed by atoms with Crippen LogP contribution < -0.4 is 10.1 Å². The number of methoxy groups -OCH3 is 1. The van der Waals surface area contributed by atoms with Crippen LogP contribution in [0.4, 0.5) is 5.69 Å². The number of aryl methyl sites for hydroxylation is 2. The van der Waals surface area contributed by atoms with Crippen LogP contribution in [0.1, 0.15) is 25.0 Å². The average Bonchev–Trinajstić information content (AvgIpc) is 3.13. The average molecular weight is 411 g/mol. The van der Waals surface area contributed by atoms with Crippen LogP contribution in [0, 0.1) is 13.8 Å². The normalized spacial score (nSPS) is 11.9. The van der Waals surface area contributed by atoms with Gasteiger partial charge >= 0.3 is 0 Å². The zero-order valence-electron chi connectivity index (χ0n) is 17.4. The van der Waals surface area contributed by atoms with Gasteiger partial charge in [0.1, 0.15) is 5.75 Å². The molecule has 2 aromatic carbocycles. The quantitative estimate of drug-likeness (QED) is 0.571. The van der Waals surface area contributed by atoms with Crippen LogP contribution in [0.15, 0.2) is 47.6 Å². The highest BCUT2D eigenvalue weighted by Gasteiger charge is 2.21. The van der Waals surface area contributed by atoms with Gasteiger partial charge in [-0.15, -0.1) is 10.2 Å². The summed E-state index contributed by atoms with van der Waals surface area (Å²) in [7, 11) is 1.64. The smallest absolute Gasteiger partial charge is 0.237 e. The topological polar surface area (TPSA) is 69.0 Å². The molecule has 152 valence electrons. The van der Waals surface area contributed by atoms with Gasteiger partial charge in [-0.2, -0.15) is 0 Å². The van der Waals surface area contributed by atoms with Gasteiger partial charge < -0.3 is 14.6 Å². The molecule has 1 heterocycles. The number of aromatic nitrogens is 3. The molecule has 0 spiro atoms. The van der Waals surface area contributed by atoms with E-state index in [1.54, 1.807) is 7.11 Å². The van der Waals surface area contributed by atoms with E-state index >= 15 is 0 Å². The van der Waals surface area contributed by atoms with Crippen molar-refractivity contribution in [3.05, 3.63) is 53.6 Å². The van der Waals surface area contributed by atoms with Gasteiger partial charge in [-0.3, -0.25) is 4.79 Å². The summed E-state index contributed by atoms with van der Waals surface area (Å²) >= 11 is 1.41. The molecule has 0 saturated heterocycles. The second-order valence-electron chi connectivity index (χ2n) is 6.85. The lowest BCUT2D eigenvalue weighted by atomic mass is 10.1. The Kier molecular flexibility index (Phi) is 6.59. The summed E-state index contributed by atoms with van der Waals surface area (Å²) in [6, 6.07) is 13.8. The van der Waals surface area contributed by atoms with E-state index < -0.39 is 0 Å². The van der Waals surface area contributed by atoms with Gasteiger partial charge in [0, 0.05) is 17.8 Å². The highest BCUT2D eigenvalue weighted by molar-refractivity contribution is 8.00. The lowest BCUT2D eigenvalue weighted by molar-refractivity contribution is -0.115. The van der Waals surface area contributed by atoms with Gasteiger partial charge in [-0.1, -0.05) is 23.9 Å². The predicted molar refractivity (Wildman–Crippen MR) is 118 cm³/mol. The fraction of sp³-hybridized carbons (Fsp3) is 0.318. The van der Waals surface area contributed by atoms with Crippen molar-refractivity contribution in [3.8, 4) is 17.1 Å². The Morgan fingerprint density at radius 3 is 2.55 bits per heavy atom. The number of thioether (sulfide) groups is 1. The molecule has 1 unspecified atom stereocenters. The number of carbonyl (C=O) groups excluding carboxylic acids is 1. The van der Waals surface area contributed by atoms with Crippen LogP contribution in [0.2, 0.25) is 0 Å². The number of nitrogens with one attached hydrogen (secondary N) is 1. The second kappa shape index (κ2) is 9.13. The molecule has 0 aliphatic carbocycles. The number of hydrogen-bond donors (Lipinski definition) is 1. The van der Waals surface area contributed by atoms with E-state index in [0.29, 0.717) is 6.54 Å². The fourth-order valence-electron chi connectivity index (χ4n) is 2.93. The molecule has 7 heteroatoms. The van der Waals surface area contributed by atoms with Gasteiger partial charge in [0.25, 0.3) is 0 Å². The molecule has 1 aromatic heterocycles. The summed E-state index contributed by atoms with van der Waals surface area (Å²) in [6.07, 6.45) is 0. The zero-order valence-corrected chi connectivity index (χ0v) is 18.2. The molecule has 1 amide bonds. The third-order valence-electron chi connectivity index (χ3n) is 4.68. The minimum Gasteiger partial charge on any atom is -0.497 e. The summed E-state index contributed by atoms with van der Waals surface area (Å²) in [5.41, 5.74) is 3.96. The summed E-state index contributed by atoms with van der Waals surface area (Å²) in [5, 5.41) is 12.1. The van der Waals surface area contributed by atoms with Crippen molar-refractivity contribution in [2.24, 2.45) is 0 Å². The molecule has 1 N–H and O–H groups in total. The summed E-state index contributed by atoms with van der Waals surface area (Å²) < 4.78 is 7.24. The van der Waals surface area contributed by atoms with Crippen LogP contribution in [0.5, 0.6) is 5.75 Å². The fourth-order valence-corrected chi connectivity index (χ4v) is 3.84. The number of amides is 1. The maximum Gasteiger partial charge on any atom is 0.237 e. The molecule has 3 aromatic rings. The molecular formula is C22H26N4O2S. The van der Waals surface area contributed by atoms with Gasteiger partial charge in [0.15, 0.2) is 11.0 Å². The van der Waals surface area contributed by atoms with Gasteiger partial charge in [0.2, 0.25) is 5.91 Å². The largest absolute Gasteiger partial charge is 0.497 e. The molecule has 1 atom stereocenters. The number of carbonyl (C=O) groups is 1. The predicted octanol–water partition coefficient (Wildman–Crippen LogP) is 4.71. The van der Waals surface area contributed by atoms with Crippen molar-refractivity contribution in [2.45, 2.75) is 44.6 Å². The molecule has 3 rings (SSSR count). The number of rotatable bonds is 7. The molecular weight excluding hydrogens is 384 g/mol. The number of ether oxygens (including phenoxy) is 1. The van der Waals surface area contributed by atoms with Crippen molar-refractivity contribution in [2.75, 3.05) is 12.4 Å². The Morgan fingerprint density at radius 1 is 1.17 bits per heavy atom. The first kappa shape index (κ1) is 20.9. The van der Waals surface area contributed by atoms with Crippen LogP contribution in [-0.2, 0) is 11.3 Å². The Morgan fingerprint density at radius 2 is 1.90 bits per heavy atom. The number of nitrogens with zero attached hydrogens (tertiary/aromatic N) is 3. The van der Waals surface area contributed by atoms with Crippen molar-refractivity contribution in [1.82, 2.24) is 14.8 Å². The van der Waals surface area contributed by atoms with E-state index in [2.05, 4.69) is 15.5 Å². The van der Waals surface area contributed by atoms with Crippen LogP contribution >= 0.6 is 11.8 Å². The number of anilines is 1.